The van der Waals surface area contributed by atoms with Gasteiger partial charge in [-0.05, 0) is 60.9 Å². The van der Waals surface area contributed by atoms with Crippen molar-refractivity contribution in [3.05, 3.63) is 94.4 Å². The molecule has 0 radical (unpaired) electrons. The van der Waals surface area contributed by atoms with Crippen LogP contribution in [0.4, 0.5) is 17.6 Å². The molecular weight excluding hydrogens is 626 g/mol. The topological polar surface area (TPSA) is 94.0 Å². The lowest BCUT2D eigenvalue weighted by Crippen LogP contribution is -2.33. The second kappa shape index (κ2) is 12.5. The number of imidazole rings is 1. The molecule has 0 saturated carbocycles. The van der Waals surface area contributed by atoms with Gasteiger partial charge in [0.1, 0.15) is 18.2 Å². The smallest absolute Gasteiger partial charge is 0.451 e. The summed E-state index contributed by atoms with van der Waals surface area (Å²) in [6, 6.07) is 13.6. The van der Waals surface area contributed by atoms with Gasteiger partial charge < -0.3 is 19.0 Å². The molecule has 0 aliphatic carbocycles. The van der Waals surface area contributed by atoms with Crippen LogP contribution in [-0.2, 0) is 30.6 Å². The van der Waals surface area contributed by atoms with E-state index in [0.717, 1.165) is 48.5 Å². The third-order valence-electron chi connectivity index (χ3n) is 8.19. The molecule has 0 amide bonds. The van der Waals surface area contributed by atoms with Crippen molar-refractivity contribution in [3.63, 3.8) is 0 Å². The molecule has 2 aliphatic heterocycles. The highest BCUT2D eigenvalue weighted by Gasteiger charge is 2.35. The number of aromatic nitrogens is 6. The number of nitrogens with zero attached hydrogens (tertiary/aromatic N) is 6. The SMILES string of the molecule is Fc1cc(Cl)ccc1COc1ncccc1C1=CCN(Cc2nc3cc(-c4nnc(C(F)(F)F)[nH]4)ccc3n2C[C@@H]2CCO2)CC1. The molecule has 5 aromatic rings. The molecule has 46 heavy (non-hydrogen) atoms. The molecule has 1 N–H and O–H groups in total. The quantitative estimate of drug-likeness (QED) is 0.177. The van der Waals surface area contributed by atoms with Gasteiger partial charge in [-0.2, -0.15) is 13.2 Å². The van der Waals surface area contributed by atoms with Gasteiger partial charge in [-0.25, -0.2) is 14.4 Å². The van der Waals surface area contributed by atoms with Gasteiger partial charge >= 0.3 is 6.18 Å². The third-order valence-corrected chi connectivity index (χ3v) is 8.43. The van der Waals surface area contributed by atoms with Crippen molar-refractivity contribution in [2.24, 2.45) is 0 Å². The van der Waals surface area contributed by atoms with Crippen LogP contribution in [0.1, 0.15) is 35.6 Å². The standard InChI is InChI=1S/C32H28ClF4N7O2/c33-22-5-3-21(25(34)15-22)18-46-30-24(2-1-10-38-30)19-7-11-43(12-8-19)17-28-39-26-14-20(29-40-31(42-41-29)32(35,36)37)4-6-27(26)44(28)16-23-9-13-45-23/h1-7,10,14-15,23H,8-9,11-13,16-18H2,(H,40,41,42)/t23-/m0/s1. The predicted molar refractivity (Wildman–Crippen MR) is 162 cm³/mol. The van der Waals surface area contributed by atoms with E-state index in [9.17, 15) is 17.6 Å². The number of benzene rings is 2. The number of nitrogens with one attached hydrogen (secondary N) is 1. The van der Waals surface area contributed by atoms with E-state index < -0.39 is 17.8 Å². The Kier molecular flexibility index (Phi) is 8.22. The maximum atomic E-state index is 14.3. The highest BCUT2D eigenvalue weighted by Crippen LogP contribution is 2.32. The fourth-order valence-electron chi connectivity index (χ4n) is 5.64. The van der Waals surface area contributed by atoms with Crippen LogP contribution >= 0.6 is 11.6 Å². The molecule has 0 spiro atoms. The van der Waals surface area contributed by atoms with Crippen LogP contribution in [-0.4, -0.2) is 60.4 Å². The summed E-state index contributed by atoms with van der Waals surface area (Å²) >= 11 is 5.87. The number of hydrogen-bond acceptors (Lipinski definition) is 7. The maximum absolute atomic E-state index is 14.3. The Hall–Kier alpha value is -4.33. The average molecular weight is 654 g/mol. The number of halogens is 5. The first kappa shape index (κ1) is 30.3. The largest absolute Gasteiger partial charge is 0.472 e. The Balaban J connectivity index is 1.09. The summed E-state index contributed by atoms with van der Waals surface area (Å²) in [6.45, 7) is 3.34. The molecule has 9 nitrogen and oxygen atoms in total. The number of fused-ring (bicyclic) bond motifs is 1. The Morgan fingerprint density at radius 2 is 1.98 bits per heavy atom. The predicted octanol–water partition coefficient (Wildman–Crippen LogP) is 6.68. The van der Waals surface area contributed by atoms with Gasteiger partial charge in [0.05, 0.1) is 30.2 Å². The highest BCUT2D eigenvalue weighted by molar-refractivity contribution is 6.30. The van der Waals surface area contributed by atoms with Gasteiger partial charge in [-0.3, -0.25) is 4.90 Å². The number of pyridine rings is 1. The van der Waals surface area contributed by atoms with E-state index in [4.69, 9.17) is 26.1 Å². The molecule has 1 fully saturated rings. The summed E-state index contributed by atoms with van der Waals surface area (Å²) in [7, 11) is 0. The molecule has 1 saturated heterocycles. The summed E-state index contributed by atoms with van der Waals surface area (Å²) in [5.41, 5.74) is 4.32. The minimum Gasteiger partial charge on any atom is -0.472 e. The number of aromatic amines is 1. The van der Waals surface area contributed by atoms with Crippen LogP contribution in [0.15, 0.2) is 60.8 Å². The molecule has 2 aliphatic rings. The Morgan fingerprint density at radius 3 is 2.70 bits per heavy atom. The number of alkyl halides is 3. The van der Waals surface area contributed by atoms with E-state index in [1.807, 2.05) is 18.2 Å². The fourth-order valence-corrected chi connectivity index (χ4v) is 5.80. The van der Waals surface area contributed by atoms with Gasteiger partial charge in [0.2, 0.25) is 11.7 Å². The molecule has 14 heteroatoms. The van der Waals surface area contributed by atoms with E-state index in [1.165, 1.54) is 6.07 Å². The summed E-state index contributed by atoms with van der Waals surface area (Å²) in [6.07, 6.45) is 0.937. The number of hydrogen-bond donors (Lipinski definition) is 1. The molecule has 1 atom stereocenters. The van der Waals surface area contributed by atoms with Crippen LogP contribution in [0.3, 0.4) is 0 Å². The lowest BCUT2D eigenvalue weighted by Gasteiger charge is -2.29. The first-order valence-corrected chi connectivity index (χ1v) is 15.1. The van der Waals surface area contributed by atoms with Gasteiger partial charge in [-0.1, -0.05) is 23.7 Å². The molecule has 238 valence electrons. The minimum absolute atomic E-state index is 0.0228. The van der Waals surface area contributed by atoms with Crippen LogP contribution < -0.4 is 4.74 Å². The van der Waals surface area contributed by atoms with Gasteiger partial charge in [-0.15, -0.1) is 10.2 Å². The first-order valence-electron chi connectivity index (χ1n) is 14.8. The molecule has 5 heterocycles. The van der Waals surface area contributed by atoms with E-state index >= 15 is 0 Å². The Labute approximate surface area is 265 Å². The zero-order valence-corrected chi connectivity index (χ0v) is 25.2. The summed E-state index contributed by atoms with van der Waals surface area (Å²) in [5.74, 6) is -0.281. The average Bonchev–Trinajstić information content (AvgIpc) is 3.64. The third kappa shape index (κ3) is 6.35. The fraction of sp³-hybridized carbons (Fsp3) is 0.312. The highest BCUT2D eigenvalue weighted by atomic mass is 35.5. The van der Waals surface area contributed by atoms with Gasteiger partial charge in [0, 0.05) is 47.6 Å². The van der Waals surface area contributed by atoms with Gasteiger partial charge in [0.15, 0.2) is 5.82 Å². The Morgan fingerprint density at radius 1 is 1.11 bits per heavy atom. The van der Waals surface area contributed by atoms with Crippen molar-refractivity contribution < 1.29 is 27.0 Å². The second-order valence-electron chi connectivity index (χ2n) is 11.2. The van der Waals surface area contributed by atoms with E-state index in [-0.39, 0.29) is 18.5 Å². The van der Waals surface area contributed by atoms with Crippen LogP contribution in [0.25, 0.3) is 28.0 Å². The van der Waals surface area contributed by atoms with Crippen molar-refractivity contribution in [2.45, 2.75) is 44.8 Å². The van der Waals surface area contributed by atoms with Crippen LogP contribution in [0.2, 0.25) is 5.02 Å². The normalized spacial score (nSPS) is 17.2. The summed E-state index contributed by atoms with van der Waals surface area (Å²) in [4.78, 5) is 13.9. The molecule has 0 unspecified atom stereocenters. The van der Waals surface area contributed by atoms with E-state index in [0.29, 0.717) is 47.2 Å². The summed E-state index contributed by atoms with van der Waals surface area (Å²) < 4.78 is 67.3. The van der Waals surface area contributed by atoms with E-state index in [2.05, 4.69) is 35.7 Å². The molecule has 7 rings (SSSR count). The van der Waals surface area contributed by atoms with Crippen molar-refractivity contribution >= 4 is 28.2 Å². The maximum Gasteiger partial charge on any atom is 0.451 e. The zero-order valence-electron chi connectivity index (χ0n) is 24.4. The van der Waals surface area contributed by atoms with Crippen molar-refractivity contribution in [3.8, 4) is 17.3 Å². The minimum atomic E-state index is -4.61. The lowest BCUT2D eigenvalue weighted by atomic mass is 10.0. The molecule has 3 aromatic heterocycles. The number of ether oxygens (including phenoxy) is 2. The van der Waals surface area contributed by atoms with Crippen molar-refractivity contribution in [2.75, 3.05) is 19.7 Å². The number of rotatable bonds is 9. The van der Waals surface area contributed by atoms with Gasteiger partial charge in [0.25, 0.3) is 0 Å². The Bertz CT molecular complexity index is 1920. The monoisotopic (exact) mass is 653 g/mol. The first-order chi connectivity index (χ1) is 22.2. The second-order valence-corrected chi connectivity index (χ2v) is 11.7. The molecule has 2 aromatic carbocycles. The molecule has 0 bridgehead atoms. The van der Waals surface area contributed by atoms with Crippen LogP contribution in [0.5, 0.6) is 5.88 Å². The van der Waals surface area contributed by atoms with Crippen molar-refractivity contribution in [1.82, 2.24) is 34.6 Å². The molecular formula is C32H28ClF4N7O2. The number of H-pyrrole nitrogens is 1. The lowest BCUT2D eigenvalue weighted by molar-refractivity contribution is -0.144. The van der Waals surface area contributed by atoms with E-state index in [1.54, 1.807) is 30.5 Å². The van der Waals surface area contributed by atoms with Crippen molar-refractivity contribution in [1.29, 1.82) is 0 Å². The van der Waals surface area contributed by atoms with Crippen LogP contribution in [0, 0.1) is 5.82 Å². The summed E-state index contributed by atoms with van der Waals surface area (Å²) in [5, 5.41) is 7.27. The zero-order chi connectivity index (χ0) is 31.8.